The van der Waals surface area contributed by atoms with Gasteiger partial charge in [0.2, 0.25) is 15.9 Å². The van der Waals surface area contributed by atoms with Crippen LogP contribution in [0.25, 0.3) is 0 Å². The van der Waals surface area contributed by atoms with Crippen LogP contribution in [0, 0.1) is 5.82 Å². The van der Waals surface area contributed by atoms with Crippen molar-refractivity contribution in [3.8, 4) is 0 Å². The zero-order valence-corrected chi connectivity index (χ0v) is 17.5. The second-order valence-electron chi connectivity index (χ2n) is 6.94. The van der Waals surface area contributed by atoms with E-state index in [0.29, 0.717) is 11.3 Å². The fourth-order valence-corrected chi connectivity index (χ4v) is 4.15. The van der Waals surface area contributed by atoms with Crippen molar-refractivity contribution in [3.63, 3.8) is 0 Å². The number of benzene rings is 3. The van der Waals surface area contributed by atoms with E-state index >= 15 is 0 Å². The van der Waals surface area contributed by atoms with Crippen LogP contribution in [-0.2, 0) is 21.2 Å². The van der Waals surface area contributed by atoms with Gasteiger partial charge in [-0.25, -0.2) is 12.8 Å². The molecule has 3 rings (SSSR count). The van der Waals surface area contributed by atoms with E-state index < -0.39 is 27.8 Å². The van der Waals surface area contributed by atoms with Gasteiger partial charge < -0.3 is 5.32 Å². The largest absolute Gasteiger partial charge is 0.325 e. The van der Waals surface area contributed by atoms with Crippen LogP contribution in [0.5, 0.6) is 0 Å². The van der Waals surface area contributed by atoms with Crippen LogP contribution in [0.3, 0.4) is 0 Å². The number of carbonyl (C=O) groups excluding carboxylic acids is 2. The summed E-state index contributed by atoms with van der Waals surface area (Å²) in [6.07, 6.45) is 0.0967. The van der Waals surface area contributed by atoms with E-state index in [1.54, 1.807) is 42.5 Å². The SMILES string of the molecule is CC(=O)c1cccc(NC(=O)C(Cc2ccccc2)NS(=O)(=O)c2ccc(F)cc2)c1. The van der Waals surface area contributed by atoms with Crippen molar-refractivity contribution in [2.45, 2.75) is 24.3 Å². The molecule has 3 aromatic carbocycles. The molecule has 3 aromatic rings. The van der Waals surface area contributed by atoms with Crippen molar-refractivity contribution in [2.75, 3.05) is 5.32 Å². The lowest BCUT2D eigenvalue weighted by molar-refractivity contribution is -0.117. The first kappa shape index (κ1) is 22.3. The number of hydrogen-bond donors (Lipinski definition) is 2. The number of carbonyl (C=O) groups is 2. The van der Waals surface area contributed by atoms with Crippen LogP contribution in [0.2, 0.25) is 0 Å². The van der Waals surface area contributed by atoms with E-state index in [1.807, 2.05) is 6.07 Å². The van der Waals surface area contributed by atoms with Crippen LogP contribution >= 0.6 is 0 Å². The Morgan fingerprint density at radius 3 is 2.26 bits per heavy atom. The summed E-state index contributed by atoms with van der Waals surface area (Å²) in [4.78, 5) is 24.4. The molecule has 0 saturated heterocycles. The van der Waals surface area contributed by atoms with Crippen molar-refractivity contribution < 1.29 is 22.4 Å². The monoisotopic (exact) mass is 440 g/mol. The summed E-state index contributed by atoms with van der Waals surface area (Å²) in [5, 5.41) is 2.66. The second-order valence-corrected chi connectivity index (χ2v) is 8.66. The lowest BCUT2D eigenvalue weighted by Crippen LogP contribution is -2.45. The zero-order chi connectivity index (χ0) is 22.4. The molecule has 0 spiro atoms. The summed E-state index contributed by atoms with van der Waals surface area (Å²) in [7, 11) is -4.09. The number of halogens is 1. The molecule has 0 aliphatic carbocycles. The molecule has 0 bridgehead atoms. The molecule has 0 heterocycles. The van der Waals surface area contributed by atoms with Gasteiger partial charge in [0.05, 0.1) is 4.90 Å². The van der Waals surface area contributed by atoms with Crippen molar-refractivity contribution in [1.29, 1.82) is 0 Å². The summed E-state index contributed by atoms with van der Waals surface area (Å²) in [5.41, 5.74) is 1.54. The Morgan fingerprint density at radius 2 is 1.61 bits per heavy atom. The van der Waals surface area contributed by atoms with Crippen molar-refractivity contribution >= 4 is 27.4 Å². The van der Waals surface area contributed by atoms with E-state index in [1.165, 1.54) is 13.0 Å². The molecule has 0 saturated carbocycles. The minimum atomic E-state index is -4.09. The number of anilines is 1. The molecule has 6 nitrogen and oxygen atoms in total. The lowest BCUT2D eigenvalue weighted by Gasteiger charge is -2.19. The van der Waals surface area contributed by atoms with Crippen molar-refractivity contribution in [1.82, 2.24) is 4.72 Å². The molecule has 8 heteroatoms. The Balaban J connectivity index is 1.86. The average Bonchev–Trinajstić information content (AvgIpc) is 2.74. The van der Waals surface area contributed by atoms with Crippen LogP contribution < -0.4 is 10.0 Å². The molecule has 1 unspecified atom stereocenters. The standard InChI is InChI=1S/C23H21FN2O4S/c1-16(27)18-8-5-9-20(15-18)25-23(28)22(14-17-6-3-2-4-7-17)26-31(29,30)21-12-10-19(24)11-13-21/h2-13,15,22,26H,14H2,1H3,(H,25,28). The first-order valence-corrected chi connectivity index (χ1v) is 11.0. The number of sulfonamides is 1. The number of hydrogen-bond acceptors (Lipinski definition) is 4. The van der Waals surface area contributed by atoms with Gasteiger partial charge in [-0.3, -0.25) is 9.59 Å². The summed E-state index contributed by atoms with van der Waals surface area (Å²) < 4.78 is 41.2. The highest BCUT2D eigenvalue weighted by Gasteiger charge is 2.26. The molecule has 0 aliphatic rings. The molecule has 0 aliphatic heterocycles. The van der Waals surface area contributed by atoms with Gasteiger partial charge in [-0.2, -0.15) is 4.72 Å². The maximum absolute atomic E-state index is 13.2. The van der Waals surface area contributed by atoms with Gasteiger partial charge in [-0.1, -0.05) is 42.5 Å². The van der Waals surface area contributed by atoms with Crippen LogP contribution in [0.1, 0.15) is 22.8 Å². The third-order valence-electron chi connectivity index (χ3n) is 4.56. The topological polar surface area (TPSA) is 92.3 Å². The minimum Gasteiger partial charge on any atom is -0.325 e. The number of amides is 1. The molecule has 2 N–H and O–H groups in total. The Bertz CT molecular complexity index is 1180. The van der Waals surface area contributed by atoms with Crippen LogP contribution in [0.15, 0.2) is 83.8 Å². The molecule has 0 fully saturated rings. The molecule has 1 atom stereocenters. The van der Waals surface area contributed by atoms with Crippen molar-refractivity contribution in [3.05, 3.63) is 95.8 Å². The number of rotatable bonds is 8. The highest BCUT2D eigenvalue weighted by Crippen LogP contribution is 2.15. The fraction of sp³-hybridized carbons (Fsp3) is 0.130. The highest BCUT2D eigenvalue weighted by molar-refractivity contribution is 7.89. The highest BCUT2D eigenvalue weighted by atomic mass is 32.2. The van der Waals surface area contributed by atoms with E-state index in [0.717, 1.165) is 29.8 Å². The minimum absolute atomic E-state index is 0.0967. The Hall–Kier alpha value is -3.36. The van der Waals surface area contributed by atoms with E-state index in [9.17, 15) is 22.4 Å². The van der Waals surface area contributed by atoms with Gasteiger partial charge in [0, 0.05) is 11.3 Å². The summed E-state index contributed by atoms with van der Waals surface area (Å²) in [6.45, 7) is 1.41. The molecule has 0 aromatic heterocycles. The first-order valence-electron chi connectivity index (χ1n) is 9.48. The molecule has 160 valence electrons. The van der Waals surface area contributed by atoms with Crippen molar-refractivity contribution in [2.24, 2.45) is 0 Å². The summed E-state index contributed by atoms with van der Waals surface area (Å²) in [5.74, 6) is -1.31. The van der Waals surface area contributed by atoms with E-state index in [4.69, 9.17) is 0 Å². The Labute approximate surface area is 180 Å². The normalized spacial score (nSPS) is 12.2. The number of Topliss-reactive ketones (excluding diaryl/α,β-unsaturated/α-hetero) is 1. The van der Waals surface area contributed by atoms with Crippen LogP contribution in [-0.4, -0.2) is 26.2 Å². The number of nitrogens with one attached hydrogen (secondary N) is 2. The molecular formula is C23H21FN2O4S. The summed E-state index contributed by atoms with van der Waals surface area (Å²) in [6, 6.07) is 18.5. The predicted octanol–water partition coefficient (Wildman–Crippen LogP) is 3.56. The number of ketones is 1. The Morgan fingerprint density at radius 1 is 0.935 bits per heavy atom. The van der Waals surface area contributed by atoms with Gasteiger partial charge >= 0.3 is 0 Å². The quantitative estimate of drug-likeness (QED) is 0.524. The third kappa shape index (κ3) is 6.07. The van der Waals surface area contributed by atoms with Gasteiger partial charge in [0.15, 0.2) is 5.78 Å². The maximum Gasteiger partial charge on any atom is 0.242 e. The summed E-state index contributed by atoms with van der Waals surface area (Å²) >= 11 is 0. The molecular weight excluding hydrogens is 419 g/mol. The first-order chi connectivity index (χ1) is 14.7. The average molecular weight is 440 g/mol. The van der Waals surface area contributed by atoms with Gasteiger partial charge in [0.1, 0.15) is 11.9 Å². The van der Waals surface area contributed by atoms with Gasteiger partial charge in [-0.05, 0) is 55.3 Å². The van der Waals surface area contributed by atoms with Gasteiger partial charge in [-0.15, -0.1) is 0 Å². The predicted molar refractivity (Wildman–Crippen MR) is 116 cm³/mol. The smallest absolute Gasteiger partial charge is 0.242 e. The molecule has 31 heavy (non-hydrogen) atoms. The zero-order valence-electron chi connectivity index (χ0n) is 16.7. The van der Waals surface area contributed by atoms with Crippen LogP contribution in [0.4, 0.5) is 10.1 Å². The Kier molecular flexibility index (Phi) is 6.94. The fourth-order valence-electron chi connectivity index (χ4n) is 2.95. The lowest BCUT2D eigenvalue weighted by atomic mass is 10.1. The molecule has 0 radical (unpaired) electrons. The third-order valence-corrected chi connectivity index (χ3v) is 6.04. The van der Waals surface area contributed by atoms with Gasteiger partial charge in [0.25, 0.3) is 0 Å². The van der Waals surface area contributed by atoms with E-state index in [2.05, 4.69) is 10.0 Å². The second kappa shape index (κ2) is 9.63. The maximum atomic E-state index is 13.2. The van der Waals surface area contributed by atoms with E-state index in [-0.39, 0.29) is 17.1 Å². The molecule has 1 amide bonds.